The zero-order chi connectivity index (χ0) is 16.2. The number of aromatic nitrogens is 2. The molecule has 6 heteroatoms. The van der Waals surface area contributed by atoms with E-state index in [0.717, 1.165) is 43.9 Å². The van der Waals surface area contributed by atoms with Crippen molar-refractivity contribution in [3.8, 4) is 11.3 Å². The molecule has 2 heterocycles. The van der Waals surface area contributed by atoms with Crippen LogP contribution in [0.15, 0.2) is 36.7 Å². The molecular formula is C17H21N5O. The van der Waals surface area contributed by atoms with Gasteiger partial charge in [0.05, 0.1) is 18.1 Å². The molecule has 23 heavy (non-hydrogen) atoms. The molecule has 0 spiro atoms. The minimum absolute atomic E-state index is 0.0928. The topological polar surface area (TPSA) is 75.3 Å². The van der Waals surface area contributed by atoms with Crippen molar-refractivity contribution in [1.29, 1.82) is 0 Å². The quantitative estimate of drug-likeness (QED) is 0.910. The number of carbonyl (C=O) groups excluding carboxylic acids is 1. The van der Waals surface area contributed by atoms with Gasteiger partial charge in [0.25, 0.3) is 5.91 Å². The molecule has 0 radical (unpaired) electrons. The lowest BCUT2D eigenvalue weighted by atomic mass is 10.1. The van der Waals surface area contributed by atoms with Gasteiger partial charge in [0.1, 0.15) is 5.82 Å². The van der Waals surface area contributed by atoms with Crippen molar-refractivity contribution in [1.82, 2.24) is 19.8 Å². The molecule has 3 rings (SSSR count). The summed E-state index contributed by atoms with van der Waals surface area (Å²) in [6.07, 6.45) is 4.18. The minimum Gasteiger partial charge on any atom is -0.382 e. The van der Waals surface area contributed by atoms with Crippen molar-refractivity contribution in [2.24, 2.45) is 0 Å². The van der Waals surface area contributed by atoms with Gasteiger partial charge in [-0.25, -0.2) is 4.98 Å². The predicted molar refractivity (Wildman–Crippen MR) is 89.9 cm³/mol. The van der Waals surface area contributed by atoms with E-state index in [1.165, 1.54) is 6.20 Å². The van der Waals surface area contributed by atoms with Gasteiger partial charge in [0, 0.05) is 30.8 Å². The molecule has 6 nitrogen and oxygen atoms in total. The SMILES string of the molecule is CN1CCCN(C(=O)c2ccc(-c3cnc(N)cn3)cc2)CC1. The number of carbonyl (C=O) groups is 1. The molecular weight excluding hydrogens is 290 g/mol. The van der Waals surface area contributed by atoms with E-state index in [-0.39, 0.29) is 5.91 Å². The average molecular weight is 311 g/mol. The summed E-state index contributed by atoms with van der Waals surface area (Å²) in [5.74, 6) is 0.488. The first kappa shape index (κ1) is 15.4. The molecule has 2 N–H and O–H groups in total. The summed E-state index contributed by atoms with van der Waals surface area (Å²) in [5, 5.41) is 0. The van der Waals surface area contributed by atoms with E-state index in [1.54, 1.807) is 6.20 Å². The summed E-state index contributed by atoms with van der Waals surface area (Å²) in [6.45, 7) is 3.55. The van der Waals surface area contributed by atoms with E-state index in [4.69, 9.17) is 5.73 Å². The Balaban J connectivity index is 1.73. The number of hydrogen-bond donors (Lipinski definition) is 1. The number of benzene rings is 1. The van der Waals surface area contributed by atoms with E-state index < -0.39 is 0 Å². The maximum Gasteiger partial charge on any atom is 0.253 e. The smallest absolute Gasteiger partial charge is 0.253 e. The Hall–Kier alpha value is -2.47. The summed E-state index contributed by atoms with van der Waals surface area (Å²) in [5.41, 5.74) is 7.92. The fourth-order valence-corrected chi connectivity index (χ4v) is 2.70. The van der Waals surface area contributed by atoms with Crippen molar-refractivity contribution in [2.75, 3.05) is 39.0 Å². The maximum absolute atomic E-state index is 12.6. The molecule has 1 amide bonds. The number of nitrogens with two attached hydrogens (primary N) is 1. The Kier molecular flexibility index (Phi) is 4.52. The van der Waals surface area contributed by atoms with Gasteiger partial charge in [-0.05, 0) is 32.1 Å². The summed E-state index contributed by atoms with van der Waals surface area (Å²) >= 11 is 0. The van der Waals surface area contributed by atoms with E-state index in [0.29, 0.717) is 11.4 Å². The summed E-state index contributed by atoms with van der Waals surface area (Å²) in [4.78, 5) is 25.1. The van der Waals surface area contributed by atoms with Crippen molar-refractivity contribution in [3.63, 3.8) is 0 Å². The molecule has 1 aromatic heterocycles. The molecule has 1 fully saturated rings. The minimum atomic E-state index is 0.0928. The van der Waals surface area contributed by atoms with Gasteiger partial charge in [-0.1, -0.05) is 12.1 Å². The van der Waals surface area contributed by atoms with E-state index in [9.17, 15) is 4.79 Å². The summed E-state index contributed by atoms with van der Waals surface area (Å²) < 4.78 is 0. The Morgan fingerprint density at radius 3 is 2.52 bits per heavy atom. The van der Waals surface area contributed by atoms with Crippen LogP contribution in [0, 0.1) is 0 Å². The number of nitrogens with zero attached hydrogens (tertiary/aromatic N) is 4. The molecule has 0 atom stereocenters. The normalized spacial score (nSPS) is 16.1. The number of anilines is 1. The monoisotopic (exact) mass is 311 g/mol. The first-order valence-electron chi connectivity index (χ1n) is 7.79. The van der Waals surface area contributed by atoms with E-state index in [1.807, 2.05) is 29.2 Å². The van der Waals surface area contributed by atoms with Gasteiger partial charge in [-0.3, -0.25) is 9.78 Å². The third-order valence-electron chi connectivity index (χ3n) is 4.11. The van der Waals surface area contributed by atoms with Gasteiger partial charge in [-0.2, -0.15) is 0 Å². The third kappa shape index (κ3) is 3.65. The fourth-order valence-electron chi connectivity index (χ4n) is 2.70. The highest BCUT2D eigenvalue weighted by molar-refractivity contribution is 5.94. The lowest BCUT2D eigenvalue weighted by molar-refractivity contribution is 0.0763. The average Bonchev–Trinajstić information content (AvgIpc) is 2.80. The van der Waals surface area contributed by atoms with Gasteiger partial charge in [-0.15, -0.1) is 0 Å². The highest BCUT2D eigenvalue weighted by Crippen LogP contribution is 2.18. The van der Waals surface area contributed by atoms with Crippen molar-refractivity contribution >= 4 is 11.7 Å². The second-order valence-corrected chi connectivity index (χ2v) is 5.85. The summed E-state index contributed by atoms with van der Waals surface area (Å²) in [6, 6.07) is 7.50. The largest absolute Gasteiger partial charge is 0.382 e. The second-order valence-electron chi connectivity index (χ2n) is 5.85. The van der Waals surface area contributed by atoms with Crippen LogP contribution in [0.5, 0.6) is 0 Å². The van der Waals surface area contributed by atoms with Crippen LogP contribution in [0.2, 0.25) is 0 Å². The Labute approximate surface area is 135 Å². The van der Waals surface area contributed by atoms with Crippen molar-refractivity contribution in [3.05, 3.63) is 42.2 Å². The fraction of sp³-hybridized carbons (Fsp3) is 0.353. The number of likely N-dealkylation sites (N-methyl/N-ethyl adjacent to an activating group) is 1. The third-order valence-corrected chi connectivity index (χ3v) is 4.11. The zero-order valence-electron chi connectivity index (χ0n) is 13.3. The van der Waals surface area contributed by atoms with Crippen LogP contribution in [0.1, 0.15) is 16.8 Å². The molecule has 0 unspecified atom stereocenters. The second kappa shape index (κ2) is 6.75. The van der Waals surface area contributed by atoms with Crippen LogP contribution in [0.3, 0.4) is 0 Å². The van der Waals surface area contributed by atoms with Crippen LogP contribution in [-0.4, -0.2) is 58.9 Å². The Morgan fingerprint density at radius 2 is 1.83 bits per heavy atom. The number of nitrogen functional groups attached to an aromatic ring is 1. The molecule has 1 saturated heterocycles. The molecule has 0 bridgehead atoms. The first-order chi connectivity index (χ1) is 11.1. The van der Waals surface area contributed by atoms with Crippen LogP contribution in [0.25, 0.3) is 11.3 Å². The van der Waals surface area contributed by atoms with Gasteiger partial charge < -0.3 is 15.5 Å². The van der Waals surface area contributed by atoms with Gasteiger partial charge >= 0.3 is 0 Å². The number of amides is 1. The molecule has 1 aromatic carbocycles. The van der Waals surface area contributed by atoms with Crippen LogP contribution in [-0.2, 0) is 0 Å². The maximum atomic E-state index is 12.6. The molecule has 2 aromatic rings. The van der Waals surface area contributed by atoms with E-state index >= 15 is 0 Å². The lowest BCUT2D eigenvalue weighted by Crippen LogP contribution is -2.34. The lowest BCUT2D eigenvalue weighted by Gasteiger charge is -2.20. The van der Waals surface area contributed by atoms with Crippen LogP contribution in [0.4, 0.5) is 5.82 Å². The van der Waals surface area contributed by atoms with Crippen LogP contribution >= 0.6 is 0 Å². The number of rotatable bonds is 2. The molecule has 1 aliphatic heterocycles. The molecule has 120 valence electrons. The number of hydrogen-bond acceptors (Lipinski definition) is 5. The van der Waals surface area contributed by atoms with E-state index in [2.05, 4.69) is 21.9 Å². The first-order valence-corrected chi connectivity index (χ1v) is 7.79. The molecule has 0 saturated carbocycles. The Bertz CT molecular complexity index is 668. The highest BCUT2D eigenvalue weighted by Gasteiger charge is 2.18. The van der Waals surface area contributed by atoms with Gasteiger partial charge in [0.15, 0.2) is 0 Å². The van der Waals surface area contributed by atoms with Crippen LogP contribution < -0.4 is 5.73 Å². The molecule has 1 aliphatic rings. The van der Waals surface area contributed by atoms with Crippen molar-refractivity contribution < 1.29 is 4.79 Å². The highest BCUT2D eigenvalue weighted by atomic mass is 16.2. The Morgan fingerprint density at radius 1 is 1.04 bits per heavy atom. The standard InChI is InChI=1S/C17H21N5O/c1-21-7-2-8-22(10-9-21)17(23)14-5-3-13(4-6-14)15-11-20-16(18)12-19-15/h3-6,11-12H,2,7-10H2,1H3,(H2,18,20). The van der Waals surface area contributed by atoms with Crippen molar-refractivity contribution in [2.45, 2.75) is 6.42 Å². The zero-order valence-corrected chi connectivity index (χ0v) is 13.3. The summed E-state index contributed by atoms with van der Waals surface area (Å²) in [7, 11) is 2.09. The predicted octanol–water partition coefficient (Wildman–Crippen LogP) is 1.50. The van der Waals surface area contributed by atoms with Gasteiger partial charge in [0.2, 0.25) is 0 Å². The molecule has 0 aliphatic carbocycles.